The molecule has 0 fully saturated rings. The third-order valence-electron chi connectivity index (χ3n) is 2.17. The third kappa shape index (κ3) is 2.76. The summed E-state index contributed by atoms with van der Waals surface area (Å²) in [5.74, 6) is 0. The quantitative estimate of drug-likeness (QED) is 0.929. The molecule has 0 aliphatic carbocycles. The molecule has 0 aliphatic heterocycles. The maximum atomic E-state index is 12.2. The number of nitrogens with one attached hydrogen (secondary N) is 1. The van der Waals surface area contributed by atoms with E-state index in [1.54, 1.807) is 31.6 Å². The van der Waals surface area contributed by atoms with Crippen LogP contribution in [-0.2, 0) is 16.6 Å². The highest BCUT2D eigenvalue weighted by atomic mass is 79.9. The van der Waals surface area contributed by atoms with Crippen LogP contribution >= 0.6 is 27.3 Å². The summed E-state index contributed by atoms with van der Waals surface area (Å²) < 4.78 is 26.7. The summed E-state index contributed by atoms with van der Waals surface area (Å²) in [5.41, 5.74) is 0.826. The van der Waals surface area contributed by atoms with Gasteiger partial charge in [-0.3, -0.25) is 5.10 Å². The Kier molecular flexibility index (Phi) is 3.67. The zero-order chi connectivity index (χ0) is 12.5. The number of hydrogen-bond donors (Lipinski definition) is 1. The van der Waals surface area contributed by atoms with Gasteiger partial charge in [0.25, 0.3) is 10.0 Å². The predicted molar refractivity (Wildman–Crippen MR) is 69.3 cm³/mol. The van der Waals surface area contributed by atoms with Gasteiger partial charge in [0.15, 0.2) is 0 Å². The summed E-state index contributed by atoms with van der Waals surface area (Å²) in [5, 5.41) is 6.44. The van der Waals surface area contributed by atoms with E-state index in [2.05, 4.69) is 26.1 Å². The fraction of sp³-hybridized carbons (Fsp3) is 0.222. The van der Waals surface area contributed by atoms with Crippen molar-refractivity contribution < 1.29 is 8.42 Å². The van der Waals surface area contributed by atoms with Crippen LogP contribution in [0.2, 0.25) is 0 Å². The Balaban J connectivity index is 2.21. The summed E-state index contributed by atoms with van der Waals surface area (Å²) in [6.07, 6.45) is 3.28. The Morgan fingerprint density at radius 3 is 2.82 bits per heavy atom. The minimum atomic E-state index is -3.41. The van der Waals surface area contributed by atoms with E-state index in [9.17, 15) is 8.42 Å². The summed E-state index contributed by atoms with van der Waals surface area (Å²) in [4.78, 5) is 0. The molecule has 2 aromatic heterocycles. The molecule has 0 unspecified atom stereocenters. The van der Waals surface area contributed by atoms with Crippen molar-refractivity contribution in [2.75, 3.05) is 7.05 Å². The van der Waals surface area contributed by atoms with Crippen molar-refractivity contribution in [1.29, 1.82) is 0 Å². The highest BCUT2D eigenvalue weighted by Crippen LogP contribution is 2.28. The van der Waals surface area contributed by atoms with Gasteiger partial charge < -0.3 is 0 Å². The molecule has 17 heavy (non-hydrogen) atoms. The van der Waals surface area contributed by atoms with Gasteiger partial charge >= 0.3 is 0 Å². The fourth-order valence-electron chi connectivity index (χ4n) is 1.30. The van der Waals surface area contributed by atoms with E-state index < -0.39 is 10.0 Å². The molecule has 0 bridgehead atoms. The molecule has 0 spiro atoms. The van der Waals surface area contributed by atoms with Crippen LogP contribution in [0.4, 0.5) is 0 Å². The van der Waals surface area contributed by atoms with E-state index in [4.69, 9.17) is 0 Å². The summed E-state index contributed by atoms with van der Waals surface area (Å²) in [7, 11) is -1.86. The summed E-state index contributed by atoms with van der Waals surface area (Å²) in [6.45, 7) is 0.300. The lowest BCUT2D eigenvalue weighted by Crippen LogP contribution is -2.25. The Hall–Kier alpha value is -0.700. The van der Waals surface area contributed by atoms with Crippen molar-refractivity contribution in [1.82, 2.24) is 14.5 Å². The van der Waals surface area contributed by atoms with Crippen molar-refractivity contribution in [3.05, 3.63) is 33.9 Å². The molecule has 5 nitrogen and oxygen atoms in total. The van der Waals surface area contributed by atoms with E-state index >= 15 is 0 Å². The number of rotatable bonds is 4. The average Bonchev–Trinajstić information content (AvgIpc) is 2.89. The van der Waals surface area contributed by atoms with E-state index in [0.717, 1.165) is 9.35 Å². The molecule has 8 heteroatoms. The smallest absolute Gasteiger partial charge is 0.252 e. The molecule has 0 saturated heterocycles. The van der Waals surface area contributed by atoms with Crippen molar-refractivity contribution in [3.63, 3.8) is 0 Å². The minimum Gasteiger partial charge on any atom is -0.285 e. The maximum Gasteiger partial charge on any atom is 0.252 e. The lowest BCUT2D eigenvalue weighted by atomic mass is 10.4. The Morgan fingerprint density at radius 1 is 1.53 bits per heavy atom. The third-order valence-corrected chi connectivity index (χ3v) is 6.07. The molecule has 92 valence electrons. The topological polar surface area (TPSA) is 66.1 Å². The minimum absolute atomic E-state index is 0.300. The van der Waals surface area contributed by atoms with Gasteiger partial charge in [-0.15, -0.1) is 11.3 Å². The first-order valence-corrected chi connectivity index (χ1v) is 7.74. The largest absolute Gasteiger partial charge is 0.285 e. The van der Waals surface area contributed by atoms with Crippen molar-refractivity contribution in [2.45, 2.75) is 10.8 Å². The normalized spacial score (nSPS) is 12.2. The van der Waals surface area contributed by atoms with Crippen LogP contribution in [0.1, 0.15) is 5.56 Å². The molecular formula is C9H10BrN3O2S2. The molecule has 2 heterocycles. The number of nitrogens with zero attached hydrogens (tertiary/aromatic N) is 2. The first-order chi connectivity index (χ1) is 8.00. The highest BCUT2D eigenvalue weighted by Gasteiger charge is 2.22. The monoisotopic (exact) mass is 335 g/mol. The molecule has 2 rings (SSSR count). The average molecular weight is 336 g/mol. The van der Waals surface area contributed by atoms with Crippen LogP contribution in [0.5, 0.6) is 0 Å². The first kappa shape index (κ1) is 12.7. The number of aromatic amines is 1. The van der Waals surface area contributed by atoms with E-state index in [1.807, 2.05) is 0 Å². The van der Waals surface area contributed by atoms with Gasteiger partial charge in [-0.2, -0.15) is 9.40 Å². The zero-order valence-corrected chi connectivity index (χ0v) is 12.1. The predicted octanol–water partition coefficient (Wildman–Crippen LogP) is 2.05. The molecule has 2 aromatic rings. The van der Waals surface area contributed by atoms with Crippen molar-refractivity contribution in [2.24, 2.45) is 0 Å². The number of thiophene rings is 1. The molecular weight excluding hydrogens is 326 g/mol. The fourth-order valence-corrected chi connectivity index (χ4v) is 4.68. The molecule has 0 aliphatic rings. The van der Waals surface area contributed by atoms with Gasteiger partial charge in [0, 0.05) is 25.4 Å². The molecule has 0 aromatic carbocycles. The summed E-state index contributed by atoms with van der Waals surface area (Å²) >= 11 is 4.45. The van der Waals surface area contributed by atoms with Crippen LogP contribution in [0.25, 0.3) is 0 Å². The van der Waals surface area contributed by atoms with Gasteiger partial charge in [-0.05, 0) is 28.1 Å². The standard InChI is InChI=1S/C9H10BrN3O2S2/c1-13(6-7-4-11-12-5-7)17(14,15)9-3-2-8(10)16-9/h2-5H,6H2,1H3,(H,11,12). The van der Waals surface area contributed by atoms with Crippen molar-refractivity contribution >= 4 is 37.3 Å². The molecule has 0 radical (unpaired) electrons. The Bertz CT molecular complexity index is 592. The van der Waals surface area contributed by atoms with Gasteiger partial charge in [0.1, 0.15) is 4.21 Å². The van der Waals surface area contributed by atoms with Gasteiger partial charge in [-0.1, -0.05) is 0 Å². The highest BCUT2D eigenvalue weighted by molar-refractivity contribution is 9.11. The molecule has 0 amide bonds. The number of sulfonamides is 1. The maximum absolute atomic E-state index is 12.2. The molecule has 0 atom stereocenters. The number of halogens is 1. The van der Waals surface area contributed by atoms with Crippen molar-refractivity contribution in [3.8, 4) is 0 Å². The summed E-state index contributed by atoms with van der Waals surface area (Å²) in [6, 6.07) is 3.32. The van der Waals surface area contributed by atoms with Crippen LogP contribution < -0.4 is 0 Å². The lowest BCUT2D eigenvalue weighted by molar-refractivity contribution is 0.468. The number of aromatic nitrogens is 2. The Morgan fingerprint density at radius 2 is 2.29 bits per heavy atom. The first-order valence-electron chi connectivity index (χ1n) is 4.69. The second kappa shape index (κ2) is 4.89. The van der Waals surface area contributed by atoms with Gasteiger partial charge in [0.2, 0.25) is 0 Å². The number of H-pyrrole nitrogens is 1. The van der Waals surface area contributed by atoms with Gasteiger partial charge in [-0.25, -0.2) is 8.42 Å². The SMILES string of the molecule is CN(Cc1cn[nH]c1)S(=O)(=O)c1ccc(Br)s1. The zero-order valence-electron chi connectivity index (χ0n) is 8.92. The molecule has 1 N–H and O–H groups in total. The molecule has 0 saturated carbocycles. The lowest BCUT2D eigenvalue weighted by Gasteiger charge is -2.14. The van der Waals surface area contributed by atoms with Crippen LogP contribution in [-0.4, -0.2) is 30.0 Å². The Labute approximate surface area is 112 Å². The van der Waals surface area contributed by atoms with Crippen LogP contribution in [0.15, 0.2) is 32.5 Å². The van der Waals surface area contributed by atoms with E-state index in [0.29, 0.717) is 10.8 Å². The number of hydrogen-bond acceptors (Lipinski definition) is 4. The van der Waals surface area contributed by atoms with Crippen LogP contribution in [0, 0.1) is 0 Å². The van der Waals surface area contributed by atoms with E-state index in [1.165, 1.54) is 15.6 Å². The second-order valence-electron chi connectivity index (χ2n) is 3.43. The van der Waals surface area contributed by atoms with Crippen LogP contribution in [0.3, 0.4) is 0 Å². The van der Waals surface area contributed by atoms with E-state index in [-0.39, 0.29) is 0 Å². The van der Waals surface area contributed by atoms with Gasteiger partial charge in [0.05, 0.1) is 9.98 Å². The second-order valence-corrected chi connectivity index (χ2v) is 8.16.